The number of carbonyl (C=O) groups excluding carboxylic acids is 1. The third kappa shape index (κ3) is 3.52. The van der Waals surface area contributed by atoms with E-state index in [0.717, 1.165) is 0 Å². The van der Waals surface area contributed by atoms with Crippen molar-refractivity contribution in [1.82, 2.24) is 10.4 Å². The molecule has 1 aromatic heterocycles. The van der Waals surface area contributed by atoms with Gasteiger partial charge in [-0.1, -0.05) is 22.0 Å². The number of benzene rings is 1. The van der Waals surface area contributed by atoms with E-state index in [1.807, 2.05) is 5.43 Å². The molecule has 0 fully saturated rings. The lowest BCUT2D eigenvalue weighted by molar-refractivity contribution is 0.0948. The van der Waals surface area contributed by atoms with Gasteiger partial charge in [-0.3, -0.25) is 10.2 Å². The minimum atomic E-state index is -0.500. The van der Waals surface area contributed by atoms with E-state index in [1.165, 1.54) is 18.2 Å². The van der Waals surface area contributed by atoms with Gasteiger partial charge in [-0.2, -0.15) is 0 Å². The number of pyridine rings is 1. The second kappa shape index (κ2) is 6.44. The largest absolute Gasteiger partial charge is 0.484 e. The fourth-order valence-electron chi connectivity index (χ4n) is 1.50. The molecule has 0 bridgehead atoms. The molecule has 1 aromatic carbocycles. The van der Waals surface area contributed by atoms with Crippen LogP contribution in [0.15, 0.2) is 40.9 Å². The molecule has 104 valence electrons. The van der Waals surface area contributed by atoms with Crippen molar-refractivity contribution in [2.45, 2.75) is 6.61 Å². The van der Waals surface area contributed by atoms with Gasteiger partial charge < -0.3 is 4.74 Å². The molecule has 2 aromatic rings. The second-order valence-corrected chi connectivity index (χ2v) is 4.77. The Bertz CT molecular complexity index is 637. The van der Waals surface area contributed by atoms with E-state index in [0.29, 0.717) is 10.2 Å². The Morgan fingerprint density at radius 1 is 1.40 bits per heavy atom. The van der Waals surface area contributed by atoms with Crippen molar-refractivity contribution in [2.24, 2.45) is 5.84 Å². The number of hydrazine groups is 1. The molecule has 0 aliphatic rings. The van der Waals surface area contributed by atoms with Crippen LogP contribution in [0.4, 0.5) is 4.39 Å². The normalized spacial score (nSPS) is 10.2. The predicted molar refractivity (Wildman–Crippen MR) is 74.3 cm³/mol. The quantitative estimate of drug-likeness (QED) is 0.508. The zero-order valence-electron chi connectivity index (χ0n) is 10.3. The number of aromatic nitrogens is 1. The van der Waals surface area contributed by atoms with Gasteiger partial charge in [0.25, 0.3) is 5.91 Å². The molecule has 2 rings (SSSR count). The summed E-state index contributed by atoms with van der Waals surface area (Å²) in [5.41, 5.74) is 2.65. The van der Waals surface area contributed by atoms with Crippen molar-refractivity contribution < 1.29 is 13.9 Å². The van der Waals surface area contributed by atoms with Crippen LogP contribution in [0.25, 0.3) is 0 Å². The van der Waals surface area contributed by atoms with Crippen molar-refractivity contribution in [1.29, 1.82) is 0 Å². The number of nitrogens with one attached hydrogen (secondary N) is 1. The van der Waals surface area contributed by atoms with Crippen LogP contribution in [0.3, 0.4) is 0 Å². The van der Waals surface area contributed by atoms with Gasteiger partial charge in [-0.15, -0.1) is 0 Å². The second-order valence-electron chi connectivity index (χ2n) is 3.85. The Hall–Kier alpha value is -1.99. The van der Waals surface area contributed by atoms with Crippen LogP contribution in [0.1, 0.15) is 16.2 Å². The first-order valence-electron chi connectivity index (χ1n) is 5.65. The summed E-state index contributed by atoms with van der Waals surface area (Å²) < 4.78 is 19.5. The van der Waals surface area contributed by atoms with Crippen LogP contribution < -0.4 is 16.0 Å². The molecule has 3 N–H and O–H groups in total. The number of hydrogen-bond donors (Lipinski definition) is 2. The molecule has 7 heteroatoms. The molecule has 0 unspecified atom stereocenters. The topological polar surface area (TPSA) is 77.2 Å². The summed E-state index contributed by atoms with van der Waals surface area (Å²) in [4.78, 5) is 15.4. The summed E-state index contributed by atoms with van der Waals surface area (Å²) >= 11 is 3.23. The smallest absolute Gasteiger partial charge is 0.283 e. The summed E-state index contributed by atoms with van der Waals surface area (Å²) in [5.74, 6) is 4.17. The van der Waals surface area contributed by atoms with Crippen LogP contribution in [-0.2, 0) is 6.61 Å². The van der Waals surface area contributed by atoms with Crippen LogP contribution in [0.2, 0.25) is 0 Å². The Kier molecular flexibility index (Phi) is 4.65. The molecule has 0 aliphatic heterocycles. The van der Waals surface area contributed by atoms with E-state index in [1.54, 1.807) is 18.2 Å². The van der Waals surface area contributed by atoms with Crippen molar-refractivity contribution >= 4 is 21.8 Å². The Balaban J connectivity index is 2.11. The molecule has 0 radical (unpaired) electrons. The maximum Gasteiger partial charge on any atom is 0.283 e. The highest BCUT2D eigenvalue weighted by molar-refractivity contribution is 9.10. The summed E-state index contributed by atoms with van der Waals surface area (Å²) in [6, 6.07) is 9.23. The molecule has 0 spiro atoms. The summed E-state index contributed by atoms with van der Waals surface area (Å²) in [7, 11) is 0. The molecule has 1 amide bonds. The highest BCUT2D eigenvalue weighted by atomic mass is 79.9. The van der Waals surface area contributed by atoms with Gasteiger partial charge in [0, 0.05) is 4.47 Å². The van der Waals surface area contributed by atoms with Gasteiger partial charge in [-0.25, -0.2) is 15.2 Å². The number of nitrogen functional groups attached to an aromatic ring is 1. The van der Waals surface area contributed by atoms with Gasteiger partial charge in [0.15, 0.2) is 11.6 Å². The van der Waals surface area contributed by atoms with E-state index >= 15 is 0 Å². The lowest BCUT2D eigenvalue weighted by Gasteiger charge is -2.08. The fourth-order valence-corrected chi connectivity index (χ4v) is 1.84. The first-order valence-corrected chi connectivity index (χ1v) is 6.44. The predicted octanol–water partition coefficient (Wildman–Crippen LogP) is 2.17. The highest BCUT2D eigenvalue weighted by Gasteiger charge is 2.08. The standard InChI is InChI=1S/C13H11BrFN3O2/c14-8-4-5-10(15)12(6-8)20-7-9-2-1-3-11(17-9)13(19)18-16/h1-6H,7,16H2,(H,18,19). The first-order chi connectivity index (χ1) is 9.60. The molecule has 1 heterocycles. The monoisotopic (exact) mass is 339 g/mol. The third-order valence-corrected chi connectivity index (χ3v) is 2.93. The zero-order valence-corrected chi connectivity index (χ0v) is 11.9. The molecule has 0 saturated heterocycles. The maximum absolute atomic E-state index is 13.5. The summed E-state index contributed by atoms with van der Waals surface area (Å²) in [6.45, 7) is 0.0407. The molecule has 0 saturated carbocycles. The number of amides is 1. The van der Waals surface area contributed by atoms with Crippen LogP contribution in [0, 0.1) is 5.82 Å². The average molecular weight is 340 g/mol. The number of carbonyl (C=O) groups is 1. The summed E-state index contributed by atoms with van der Waals surface area (Å²) in [6.07, 6.45) is 0. The van der Waals surface area contributed by atoms with Crippen molar-refractivity contribution in [3.8, 4) is 5.75 Å². The zero-order chi connectivity index (χ0) is 14.5. The lowest BCUT2D eigenvalue weighted by Crippen LogP contribution is -2.30. The van der Waals surface area contributed by atoms with Crippen molar-refractivity contribution in [3.05, 3.63) is 58.1 Å². The summed E-state index contributed by atoms with van der Waals surface area (Å²) in [5, 5.41) is 0. The molecular weight excluding hydrogens is 329 g/mol. The molecule has 5 nitrogen and oxygen atoms in total. The molecular formula is C13H11BrFN3O2. The van der Waals surface area contributed by atoms with E-state index in [9.17, 15) is 9.18 Å². The number of nitrogens with two attached hydrogens (primary N) is 1. The van der Waals surface area contributed by atoms with Crippen LogP contribution in [-0.4, -0.2) is 10.9 Å². The average Bonchev–Trinajstić information content (AvgIpc) is 2.47. The first kappa shape index (κ1) is 14.4. The minimum absolute atomic E-state index is 0.0407. The number of hydrogen-bond acceptors (Lipinski definition) is 4. The van der Waals surface area contributed by atoms with E-state index in [2.05, 4.69) is 20.9 Å². The Morgan fingerprint density at radius 3 is 2.95 bits per heavy atom. The third-order valence-electron chi connectivity index (χ3n) is 2.44. The Labute approximate surface area is 123 Å². The maximum atomic E-state index is 13.5. The molecule has 20 heavy (non-hydrogen) atoms. The van der Waals surface area contributed by atoms with Gasteiger partial charge in [0.05, 0.1) is 5.69 Å². The highest BCUT2D eigenvalue weighted by Crippen LogP contribution is 2.22. The van der Waals surface area contributed by atoms with Gasteiger partial charge >= 0.3 is 0 Å². The molecule has 0 aliphatic carbocycles. The minimum Gasteiger partial charge on any atom is -0.484 e. The number of rotatable bonds is 4. The van der Waals surface area contributed by atoms with Crippen LogP contribution in [0.5, 0.6) is 5.75 Å². The van der Waals surface area contributed by atoms with Gasteiger partial charge in [0.1, 0.15) is 12.3 Å². The Morgan fingerprint density at radius 2 is 2.20 bits per heavy atom. The fraction of sp³-hybridized carbons (Fsp3) is 0.0769. The van der Waals surface area contributed by atoms with Crippen molar-refractivity contribution in [2.75, 3.05) is 0 Å². The molecule has 0 atom stereocenters. The van der Waals surface area contributed by atoms with Crippen molar-refractivity contribution in [3.63, 3.8) is 0 Å². The number of nitrogens with zero attached hydrogens (tertiary/aromatic N) is 1. The SMILES string of the molecule is NNC(=O)c1cccc(COc2cc(Br)ccc2F)n1. The van der Waals surface area contributed by atoms with Gasteiger partial charge in [-0.05, 0) is 30.3 Å². The van der Waals surface area contributed by atoms with E-state index in [-0.39, 0.29) is 18.1 Å². The van der Waals surface area contributed by atoms with E-state index < -0.39 is 11.7 Å². The van der Waals surface area contributed by atoms with Crippen LogP contribution >= 0.6 is 15.9 Å². The number of halogens is 2. The lowest BCUT2D eigenvalue weighted by atomic mass is 10.3. The van der Waals surface area contributed by atoms with Gasteiger partial charge in [0.2, 0.25) is 0 Å². The number of ether oxygens (including phenoxy) is 1. The van der Waals surface area contributed by atoms with E-state index in [4.69, 9.17) is 10.6 Å².